The van der Waals surface area contributed by atoms with Crippen LogP contribution in [0.25, 0.3) is 0 Å². The van der Waals surface area contributed by atoms with E-state index in [1.54, 1.807) is 42.5 Å². The lowest BCUT2D eigenvalue weighted by molar-refractivity contribution is 0.0878. The van der Waals surface area contributed by atoms with E-state index < -0.39 is 12.0 Å². The highest BCUT2D eigenvalue weighted by molar-refractivity contribution is 5.99. The van der Waals surface area contributed by atoms with Crippen molar-refractivity contribution in [2.24, 2.45) is 0 Å². The molecule has 2 rings (SSSR count). The van der Waals surface area contributed by atoms with Crippen molar-refractivity contribution < 1.29 is 9.18 Å². The molecular weight excluding hydrogens is 227 g/mol. The van der Waals surface area contributed by atoms with Gasteiger partial charge in [-0.05, 0) is 17.5 Å². The van der Waals surface area contributed by atoms with E-state index in [1.807, 2.05) is 19.1 Å². The zero-order valence-corrected chi connectivity index (χ0v) is 10.3. The van der Waals surface area contributed by atoms with Crippen molar-refractivity contribution in [3.8, 4) is 0 Å². The highest BCUT2D eigenvalue weighted by Crippen LogP contribution is 2.22. The first kappa shape index (κ1) is 12.5. The number of benzene rings is 2. The first-order valence-corrected chi connectivity index (χ1v) is 6.04. The number of hydrogen-bond acceptors (Lipinski definition) is 1. The maximum absolute atomic E-state index is 14.0. The Kier molecular flexibility index (Phi) is 3.88. The first-order valence-electron chi connectivity index (χ1n) is 6.04. The number of hydrogen-bond donors (Lipinski definition) is 0. The predicted octanol–water partition coefficient (Wildman–Crippen LogP) is 4.14. The summed E-state index contributed by atoms with van der Waals surface area (Å²) in [5.74, 6) is -0.483. The summed E-state index contributed by atoms with van der Waals surface area (Å²) < 4.78 is 14.0. The molecule has 0 N–H and O–H groups in total. The highest BCUT2D eigenvalue weighted by Gasteiger charge is 2.20. The summed E-state index contributed by atoms with van der Waals surface area (Å²) >= 11 is 0. The Morgan fingerprint density at radius 2 is 1.67 bits per heavy atom. The molecule has 0 aliphatic heterocycles. The maximum Gasteiger partial charge on any atom is 0.201 e. The van der Waals surface area contributed by atoms with Gasteiger partial charge in [-0.3, -0.25) is 4.79 Å². The van der Waals surface area contributed by atoms with E-state index in [-0.39, 0.29) is 0 Å². The zero-order chi connectivity index (χ0) is 13.0. The smallest absolute Gasteiger partial charge is 0.201 e. The van der Waals surface area contributed by atoms with E-state index in [2.05, 4.69) is 0 Å². The van der Waals surface area contributed by atoms with Gasteiger partial charge in [-0.2, -0.15) is 0 Å². The van der Waals surface area contributed by atoms with E-state index in [1.165, 1.54) is 0 Å². The summed E-state index contributed by atoms with van der Waals surface area (Å²) in [6.45, 7) is 2.04. The molecule has 92 valence electrons. The zero-order valence-electron chi connectivity index (χ0n) is 10.3. The van der Waals surface area contributed by atoms with Gasteiger partial charge in [0, 0.05) is 5.56 Å². The molecule has 18 heavy (non-hydrogen) atoms. The number of carbonyl (C=O) groups is 1. The van der Waals surface area contributed by atoms with Gasteiger partial charge in [0.15, 0.2) is 6.17 Å². The van der Waals surface area contributed by atoms with Crippen molar-refractivity contribution in [3.63, 3.8) is 0 Å². The number of rotatable bonds is 4. The second-order valence-electron chi connectivity index (χ2n) is 4.19. The number of halogens is 1. The van der Waals surface area contributed by atoms with Crippen LogP contribution in [0.5, 0.6) is 0 Å². The van der Waals surface area contributed by atoms with E-state index in [4.69, 9.17) is 0 Å². The summed E-state index contributed by atoms with van der Waals surface area (Å²) in [6.07, 6.45) is -0.676. The van der Waals surface area contributed by atoms with Crippen LogP contribution < -0.4 is 0 Å². The molecule has 0 fully saturated rings. The summed E-state index contributed by atoms with van der Waals surface area (Å²) in [7, 11) is 0. The molecule has 0 amide bonds. The molecule has 2 heteroatoms. The van der Waals surface area contributed by atoms with Crippen molar-refractivity contribution >= 4 is 5.78 Å². The number of ketones is 1. The molecule has 0 saturated carbocycles. The minimum atomic E-state index is -1.58. The standard InChI is InChI=1S/C16H15FO/c1-2-12-8-10-14(11-9-12)16(18)15(17)13-6-4-3-5-7-13/h3-11,15H,2H2,1H3. The molecule has 0 aliphatic carbocycles. The Balaban J connectivity index is 2.20. The molecule has 0 radical (unpaired) electrons. The minimum absolute atomic E-state index is 0.405. The second-order valence-corrected chi connectivity index (χ2v) is 4.19. The lowest BCUT2D eigenvalue weighted by Crippen LogP contribution is -2.08. The Morgan fingerprint density at radius 1 is 1.06 bits per heavy atom. The van der Waals surface area contributed by atoms with Gasteiger partial charge in [0.05, 0.1) is 0 Å². The van der Waals surface area contributed by atoms with Gasteiger partial charge in [-0.15, -0.1) is 0 Å². The fourth-order valence-electron chi connectivity index (χ4n) is 1.82. The van der Waals surface area contributed by atoms with Gasteiger partial charge < -0.3 is 0 Å². The fraction of sp³-hybridized carbons (Fsp3) is 0.188. The van der Waals surface area contributed by atoms with E-state index in [0.29, 0.717) is 11.1 Å². The summed E-state index contributed by atoms with van der Waals surface area (Å²) in [5, 5.41) is 0. The summed E-state index contributed by atoms with van der Waals surface area (Å²) in [6, 6.07) is 15.6. The molecule has 2 aromatic carbocycles. The number of Topliss-reactive ketones (excluding diaryl/α,β-unsaturated/α-hetero) is 1. The van der Waals surface area contributed by atoms with E-state index in [0.717, 1.165) is 12.0 Å². The third-order valence-electron chi connectivity index (χ3n) is 2.97. The average Bonchev–Trinajstić information content (AvgIpc) is 2.47. The Morgan fingerprint density at radius 3 is 2.22 bits per heavy atom. The van der Waals surface area contributed by atoms with Crippen molar-refractivity contribution in [3.05, 3.63) is 71.3 Å². The molecule has 0 heterocycles. The van der Waals surface area contributed by atoms with Crippen LogP contribution in [-0.2, 0) is 6.42 Å². The lowest BCUT2D eigenvalue weighted by atomic mass is 10.00. The van der Waals surface area contributed by atoms with E-state index in [9.17, 15) is 9.18 Å². The number of aryl methyl sites for hydroxylation is 1. The Labute approximate surface area is 106 Å². The first-order chi connectivity index (χ1) is 8.72. The van der Waals surface area contributed by atoms with Gasteiger partial charge in [-0.1, -0.05) is 61.5 Å². The Hall–Kier alpha value is -1.96. The number of alkyl halides is 1. The van der Waals surface area contributed by atoms with Crippen LogP contribution in [0.4, 0.5) is 4.39 Å². The van der Waals surface area contributed by atoms with Gasteiger partial charge in [0.2, 0.25) is 5.78 Å². The monoisotopic (exact) mass is 242 g/mol. The van der Waals surface area contributed by atoms with Crippen LogP contribution in [0.1, 0.15) is 34.6 Å². The summed E-state index contributed by atoms with van der Waals surface area (Å²) in [5.41, 5.74) is 1.97. The Bertz CT molecular complexity index is 517. The molecular formula is C16H15FO. The van der Waals surface area contributed by atoms with Gasteiger partial charge in [0.1, 0.15) is 0 Å². The minimum Gasteiger partial charge on any atom is -0.290 e. The van der Waals surface area contributed by atoms with Crippen LogP contribution in [0.15, 0.2) is 54.6 Å². The van der Waals surface area contributed by atoms with Crippen LogP contribution in [0, 0.1) is 0 Å². The molecule has 1 nitrogen and oxygen atoms in total. The van der Waals surface area contributed by atoms with Crippen LogP contribution in [-0.4, -0.2) is 5.78 Å². The van der Waals surface area contributed by atoms with Gasteiger partial charge >= 0.3 is 0 Å². The van der Waals surface area contributed by atoms with Crippen LogP contribution >= 0.6 is 0 Å². The van der Waals surface area contributed by atoms with Crippen molar-refractivity contribution in [2.75, 3.05) is 0 Å². The normalized spacial score (nSPS) is 12.1. The number of carbonyl (C=O) groups excluding carboxylic acids is 1. The molecule has 0 saturated heterocycles. The molecule has 2 aromatic rings. The highest BCUT2D eigenvalue weighted by atomic mass is 19.1. The molecule has 0 spiro atoms. The SMILES string of the molecule is CCc1ccc(C(=O)C(F)c2ccccc2)cc1. The third kappa shape index (κ3) is 2.65. The quantitative estimate of drug-likeness (QED) is 0.736. The maximum atomic E-state index is 14.0. The third-order valence-corrected chi connectivity index (χ3v) is 2.97. The fourth-order valence-corrected chi connectivity index (χ4v) is 1.82. The molecule has 1 unspecified atom stereocenters. The van der Waals surface area contributed by atoms with E-state index >= 15 is 0 Å². The van der Waals surface area contributed by atoms with Gasteiger partial charge in [-0.25, -0.2) is 4.39 Å². The van der Waals surface area contributed by atoms with Crippen molar-refractivity contribution in [1.82, 2.24) is 0 Å². The topological polar surface area (TPSA) is 17.1 Å². The van der Waals surface area contributed by atoms with Crippen molar-refractivity contribution in [2.45, 2.75) is 19.5 Å². The van der Waals surface area contributed by atoms with Crippen LogP contribution in [0.2, 0.25) is 0 Å². The second kappa shape index (κ2) is 5.58. The van der Waals surface area contributed by atoms with Crippen LogP contribution in [0.3, 0.4) is 0 Å². The predicted molar refractivity (Wildman–Crippen MR) is 70.4 cm³/mol. The molecule has 1 atom stereocenters. The molecule has 0 aliphatic rings. The largest absolute Gasteiger partial charge is 0.290 e. The van der Waals surface area contributed by atoms with Gasteiger partial charge in [0.25, 0.3) is 0 Å². The average molecular weight is 242 g/mol. The molecule has 0 aromatic heterocycles. The molecule has 0 bridgehead atoms. The summed E-state index contributed by atoms with van der Waals surface area (Å²) in [4.78, 5) is 12.0. The lowest BCUT2D eigenvalue weighted by Gasteiger charge is -2.08. The van der Waals surface area contributed by atoms with Crippen molar-refractivity contribution in [1.29, 1.82) is 0 Å².